The fraction of sp³-hybridized carbons (Fsp3) is 0.278. The highest BCUT2D eigenvalue weighted by Gasteiger charge is 2.13. The minimum atomic E-state index is -3.64. The van der Waals surface area contributed by atoms with Crippen molar-refractivity contribution in [2.45, 2.75) is 37.6 Å². The van der Waals surface area contributed by atoms with Crippen LogP contribution in [0.1, 0.15) is 25.3 Å². The van der Waals surface area contributed by atoms with Crippen LogP contribution in [0, 0.1) is 6.92 Å². The summed E-state index contributed by atoms with van der Waals surface area (Å²) in [5, 5.41) is 2.75. The highest BCUT2D eigenvalue weighted by atomic mass is 32.2. The van der Waals surface area contributed by atoms with E-state index in [0.29, 0.717) is 24.2 Å². The molecule has 0 bridgehead atoms. The number of sulfonamides is 1. The maximum Gasteiger partial charge on any atom is 0.261 e. The third-order valence-electron chi connectivity index (χ3n) is 3.58. The molecule has 0 aliphatic carbocycles. The number of benzene rings is 2. The van der Waals surface area contributed by atoms with Gasteiger partial charge in [-0.15, -0.1) is 0 Å². The summed E-state index contributed by atoms with van der Waals surface area (Å²) in [6.07, 6.45) is 0.958. The van der Waals surface area contributed by atoms with Crippen LogP contribution in [-0.4, -0.2) is 20.4 Å². The van der Waals surface area contributed by atoms with Crippen molar-refractivity contribution in [2.24, 2.45) is 5.73 Å². The number of nitrogens with one attached hydrogen (secondary N) is 2. The highest BCUT2D eigenvalue weighted by Crippen LogP contribution is 2.19. The van der Waals surface area contributed by atoms with Crippen molar-refractivity contribution in [3.8, 4) is 0 Å². The molecular weight excluding hydrogens is 338 g/mol. The number of aryl methyl sites for hydroxylation is 1. The zero-order valence-corrected chi connectivity index (χ0v) is 15.1. The molecule has 0 saturated heterocycles. The van der Waals surface area contributed by atoms with E-state index in [4.69, 9.17) is 5.73 Å². The van der Waals surface area contributed by atoms with Crippen molar-refractivity contribution in [2.75, 3.05) is 10.0 Å². The Morgan fingerprint density at radius 1 is 1.04 bits per heavy atom. The number of hydrogen-bond donors (Lipinski definition) is 3. The second-order valence-electron chi connectivity index (χ2n) is 6.06. The largest absolute Gasteiger partial charge is 0.328 e. The average molecular weight is 361 g/mol. The second-order valence-corrected chi connectivity index (χ2v) is 7.74. The number of amides is 1. The SMILES string of the molecule is Cc1ccc(S(=O)(=O)Nc2ccc(NC(=O)CCC(C)N)cc2)cc1. The van der Waals surface area contributed by atoms with Crippen molar-refractivity contribution in [3.63, 3.8) is 0 Å². The second kappa shape index (κ2) is 8.13. The lowest BCUT2D eigenvalue weighted by Gasteiger charge is -2.10. The molecule has 2 aromatic carbocycles. The van der Waals surface area contributed by atoms with E-state index < -0.39 is 10.0 Å². The van der Waals surface area contributed by atoms with E-state index in [1.54, 1.807) is 48.5 Å². The van der Waals surface area contributed by atoms with Gasteiger partial charge < -0.3 is 11.1 Å². The number of anilines is 2. The molecule has 1 amide bonds. The Kier molecular flexibility index (Phi) is 6.17. The van der Waals surface area contributed by atoms with Crippen molar-refractivity contribution < 1.29 is 13.2 Å². The van der Waals surface area contributed by atoms with Crippen molar-refractivity contribution in [3.05, 3.63) is 54.1 Å². The van der Waals surface area contributed by atoms with Crippen LogP contribution in [0.15, 0.2) is 53.4 Å². The number of nitrogens with two attached hydrogens (primary N) is 1. The summed E-state index contributed by atoms with van der Waals surface area (Å²) in [6, 6.07) is 13.1. The topological polar surface area (TPSA) is 101 Å². The summed E-state index contributed by atoms with van der Waals surface area (Å²) in [5.74, 6) is -0.120. The quantitative estimate of drug-likeness (QED) is 0.706. The Morgan fingerprint density at radius 2 is 1.60 bits per heavy atom. The minimum Gasteiger partial charge on any atom is -0.328 e. The maximum atomic E-state index is 12.3. The Morgan fingerprint density at radius 3 is 2.16 bits per heavy atom. The van der Waals surface area contributed by atoms with Gasteiger partial charge in [0.2, 0.25) is 5.91 Å². The zero-order chi connectivity index (χ0) is 18.4. The van der Waals surface area contributed by atoms with E-state index in [1.165, 1.54) is 0 Å². The van der Waals surface area contributed by atoms with Gasteiger partial charge in [-0.2, -0.15) is 0 Å². The summed E-state index contributed by atoms with van der Waals surface area (Å²) in [4.78, 5) is 12.0. The van der Waals surface area contributed by atoms with E-state index in [0.717, 1.165) is 5.56 Å². The lowest BCUT2D eigenvalue weighted by molar-refractivity contribution is -0.116. The van der Waals surface area contributed by atoms with Crippen LogP contribution in [0.5, 0.6) is 0 Å². The Labute approximate surface area is 148 Å². The molecule has 6 nitrogen and oxygen atoms in total. The molecule has 2 rings (SSSR count). The fourth-order valence-electron chi connectivity index (χ4n) is 2.14. The normalized spacial score (nSPS) is 12.4. The third-order valence-corrected chi connectivity index (χ3v) is 4.98. The van der Waals surface area contributed by atoms with E-state index in [1.807, 2.05) is 13.8 Å². The third kappa shape index (κ3) is 5.88. The number of rotatable bonds is 7. The number of carbonyl (C=O) groups is 1. The van der Waals surface area contributed by atoms with Crippen LogP contribution in [0.2, 0.25) is 0 Å². The van der Waals surface area contributed by atoms with Gasteiger partial charge in [0.15, 0.2) is 0 Å². The lowest BCUT2D eigenvalue weighted by atomic mass is 10.2. The molecule has 0 fully saturated rings. The molecule has 7 heteroatoms. The molecule has 1 unspecified atom stereocenters. The minimum absolute atomic E-state index is 0.0238. The van der Waals surface area contributed by atoms with Crippen LogP contribution in [0.4, 0.5) is 11.4 Å². The van der Waals surface area contributed by atoms with Crippen LogP contribution in [-0.2, 0) is 14.8 Å². The Hall–Kier alpha value is -2.38. The highest BCUT2D eigenvalue weighted by molar-refractivity contribution is 7.92. The molecule has 2 aromatic rings. The predicted molar refractivity (Wildman–Crippen MR) is 99.9 cm³/mol. The molecule has 0 aliphatic rings. The van der Waals surface area contributed by atoms with Crippen LogP contribution in [0.3, 0.4) is 0 Å². The molecule has 25 heavy (non-hydrogen) atoms. The number of carbonyl (C=O) groups excluding carboxylic acids is 1. The summed E-state index contributed by atoms with van der Waals surface area (Å²) in [6.45, 7) is 3.74. The van der Waals surface area contributed by atoms with Crippen molar-refractivity contribution >= 4 is 27.3 Å². The summed E-state index contributed by atoms with van der Waals surface area (Å²) < 4.78 is 27.2. The molecule has 0 aliphatic heterocycles. The molecule has 134 valence electrons. The van der Waals surface area contributed by atoms with E-state index in [2.05, 4.69) is 10.0 Å². The van der Waals surface area contributed by atoms with Crippen molar-refractivity contribution in [1.29, 1.82) is 0 Å². The fourth-order valence-corrected chi connectivity index (χ4v) is 3.19. The first kappa shape index (κ1) is 19.0. The van der Waals surface area contributed by atoms with Gasteiger partial charge in [0.05, 0.1) is 4.90 Å². The Balaban J connectivity index is 2.00. The van der Waals surface area contributed by atoms with Crippen LogP contribution in [0.25, 0.3) is 0 Å². The standard InChI is InChI=1S/C18H23N3O3S/c1-13-3-10-17(11-4-13)25(23,24)21-16-8-6-15(7-9-16)20-18(22)12-5-14(2)19/h3-4,6-11,14,21H,5,12,19H2,1-2H3,(H,20,22). The van der Waals surface area contributed by atoms with E-state index in [9.17, 15) is 13.2 Å². The first-order valence-corrected chi connectivity index (χ1v) is 9.49. The smallest absolute Gasteiger partial charge is 0.261 e. The van der Waals surface area contributed by atoms with E-state index >= 15 is 0 Å². The monoisotopic (exact) mass is 361 g/mol. The summed E-state index contributed by atoms with van der Waals surface area (Å²) >= 11 is 0. The van der Waals surface area contributed by atoms with Crippen LogP contribution >= 0.6 is 0 Å². The van der Waals surface area contributed by atoms with Gasteiger partial charge in [0, 0.05) is 23.8 Å². The molecule has 1 atom stereocenters. The van der Waals surface area contributed by atoms with Crippen LogP contribution < -0.4 is 15.8 Å². The first-order chi connectivity index (χ1) is 11.8. The molecule has 0 heterocycles. The zero-order valence-electron chi connectivity index (χ0n) is 14.3. The van der Waals surface area contributed by atoms with Gasteiger partial charge in [-0.1, -0.05) is 17.7 Å². The molecule has 0 saturated carbocycles. The van der Waals surface area contributed by atoms with E-state index in [-0.39, 0.29) is 16.8 Å². The van der Waals surface area contributed by atoms with Crippen molar-refractivity contribution in [1.82, 2.24) is 0 Å². The summed E-state index contributed by atoms with van der Waals surface area (Å²) in [7, 11) is -3.64. The summed E-state index contributed by atoms with van der Waals surface area (Å²) in [5.41, 5.74) is 7.64. The average Bonchev–Trinajstić information content (AvgIpc) is 2.55. The first-order valence-electron chi connectivity index (χ1n) is 8.01. The van der Waals surface area contributed by atoms with Gasteiger partial charge in [-0.25, -0.2) is 8.42 Å². The number of hydrogen-bond acceptors (Lipinski definition) is 4. The van der Waals surface area contributed by atoms with Gasteiger partial charge in [-0.05, 0) is 56.7 Å². The Bertz CT molecular complexity index is 814. The maximum absolute atomic E-state index is 12.3. The van der Waals surface area contributed by atoms with Gasteiger partial charge >= 0.3 is 0 Å². The molecule has 0 spiro atoms. The predicted octanol–water partition coefficient (Wildman–Crippen LogP) is 2.86. The van der Waals surface area contributed by atoms with Gasteiger partial charge in [0.1, 0.15) is 0 Å². The molecule has 0 radical (unpaired) electrons. The van der Waals surface area contributed by atoms with Gasteiger partial charge in [0.25, 0.3) is 10.0 Å². The molecular formula is C18H23N3O3S. The molecule has 4 N–H and O–H groups in total. The molecule has 0 aromatic heterocycles. The lowest BCUT2D eigenvalue weighted by Crippen LogP contribution is -2.19. The van der Waals surface area contributed by atoms with Gasteiger partial charge in [-0.3, -0.25) is 9.52 Å².